The first-order valence-electron chi connectivity index (χ1n) is 7.49. The molecule has 0 aliphatic carbocycles. The summed E-state index contributed by atoms with van der Waals surface area (Å²) in [4.78, 5) is 4.37. The van der Waals surface area contributed by atoms with Gasteiger partial charge in [-0.15, -0.1) is 0 Å². The summed E-state index contributed by atoms with van der Waals surface area (Å²) in [5, 5.41) is 4.26. The Morgan fingerprint density at radius 3 is 2.70 bits per heavy atom. The van der Waals surface area contributed by atoms with E-state index in [0.717, 1.165) is 31.6 Å². The summed E-state index contributed by atoms with van der Waals surface area (Å²) in [6.45, 7) is 3.51. The molecule has 23 heavy (non-hydrogen) atoms. The first kappa shape index (κ1) is 15.9. The third kappa shape index (κ3) is 3.70. The number of aryl methyl sites for hydroxylation is 2. The average molecular weight is 325 g/mol. The van der Waals surface area contributed by atoms with Crippen LogP contribution in [-0.4, -0.2) is 27.9 Å². The molecule has 3 rings (SSSR count). The minimum atomic E-state index is -4.37. The molecule has 2 heterocycles. The van der Waals surface area contributed by atoms with Gasteiger partial charge in [0, 0.05) is 19.5 Å². The van der Waals surface area contributed by atoms with Crippen molar-refractivity contribution in [3.05, 3.63) is 41.5 Å². The molecule has 1 fully saturated rings. The van der Waals surface area contributed by atoms with E-state index in [4.69, 9.17) is 0 Å². The van der Waals surface area contributed by atoms with Crippen molar-refractivity contribution in [2.75, 3.05) is 13.1 Å². The van der Waals surface area contributed by atoms with E-state index in [0.29, 0.717) is 29.7 Å². The topological polar surface area (TPSA) is 54.8 Å². The van der Waals surface area contributed by atoms with Gasteiger partial charge < -0.3 is 0 Å². The second kappa shape index (κ2) is 6.29. The Hall–Kier alpha value is -1.93. The molecule has 0 unspecified atom stereocenters. The van der Waals surface area contributed by atoms with Crippen LogP contribution >= 0.6 is 0 Å². The van der Waals surface area contributed by atoms with Crippen LogP contribution in [0.5, 0.6) is 0 Å². The third-order valence-corrected chi connectivity index (χ3v) is 3.88. The van der Waals surface area contributed by atoms with Crippen LogP contribution in [0.25, 0.3) is 5.69 Å². The molecule has 2 aromatic rings. The molecule has 1 aromatic carbocycles. The number of aromatic nitrogens is 3. The molecule has 5 nitrogen and oxygen atoms in total. The largest absolute Gasteiger partial charge is 0.416 e. The van der Waals surface area contributed by atoms with Gasteiger partial charge in [0.05, 0.1) is 11.3 Å². The van der Waals surface area contributed by atoms with Gasteiger partial charge in [-0.2, -0.15) is 18.3 Å². The number of hydrazine groups is 1. The third-order valence-electron chi connectivity index (χ3n) is 3.88. The molecule has 0 spiro atoms. The summed E-state index contributed by atoms with van der Waals surface area (Å²) in [6.07, 6.45) is -2.80. The highest BCUT2D eigenvalue weighted by Gasteiger charge is 2.30. The van der Waals surface area contributed by atoms with Crippen LogP contribution in [0.15, 0.2) is 24.3 Å². The zero-order valence-corrected chi connectivity index (χ0v) is 12.7. The van der Waals surface area contributed by atoms with Crippen molar-refractivity contribution in [3.63, 3.8) is 0 Å². The van der Waals surface area contributed by atoms with E-state index < -0.39 is 11.7 Å². The number of hydrogen-bond acceptors (Lipinski definition) is 4. The summed E-state index contributed by atoms with van der Waals surface area (Å²) in [5.41, 5.74) is 5.84. The van der Waals surface area contributed by atoms with Gasteiger partial charge in [-0.25, -0.2) is 9.67 Å². The standard InChI is InChI=1S/C15H18F3N5/c1-10-21-14(6-5-11-8-19-20-9-11)23(22-10)13-4-2-3-12(7-13)15(16,17)18/h2-4,7,11,19-20H,5-6,8-9H2,1H3. The van der Waals surface area contributed by atoms with Crippen LogP contribution < -0.4 is 10.9 Å². The molecule has 8 heteroatoms. The van der Waals surface area contributed by atoms with Crippen LogP contribution in [0.1, 0.15) is 23.6 Å². The fraction of sp³-hybridized carbons (Fsp3) is 0.467. The Bertz CT molecular complexity index is 674. The number of rotatable bonds is 4. The number of nitrogens with zero attached hydrogens (tertiary/aromatic N) is 3. The van der Waals surface area contributed by atoms with Crippen molar-refractivity contribution in [2.45, 2.75) is 25.9 Å². The van der Waals surface area contributed by atoms with E-state index in [1.165, 1.54) is 10.7 Å². The molecule has 1 aliphatic rings. The van der Waals surface area contributed by atoms with Crippen LogP contribution in [0, 0.1) is 12.8 Å². The molecular weight excluding hydrogens is 307 g/mol. The Balaban J connectivity index is 1.84. The summed E-state index contributed by atoms with van der Waals surface area (Å²) in [7, 11) is 0. The normalized spacial score (nSPS) is 16.2. The van der Waals surface area contributed by atoms with Crippen molar-refractivity contribution in [1.29, 1.82) is 0 Å². The summed E-state index contributed by atoms with van der Waals surface area (Å²) in [5.74, 6) is 1.73. The molecular formula is C15H18F3N5. The van der Waals surface area contributed by atoms with Gasteiger partial charge in [0.25, 0.3) is 0 Å². The van der Waals surface area contributed by atoms with Gasteiger partial charge in [0.1, 0.15) is 11.6 Å². The zero-order chi connectivity index (χ0) is 16.4. The highest BCUT2D eigenvalue weighted by atomic mass is 19.4. The molecule has 0 bridgehead atoms. The maximum absolute atomic E-state index is 12.9. The fourth-order valence-corrected chi connectivity index (χ4v) is 2.68. The van der Waals surface area contributed by atoms with Gasteiger partial charge in [0.2, 0.25) is 0 Å². The summed E-state index contributed by atoms with van der Waals surface area (Å²) < 4.78 is 40.2. The monoisotopic (exact) mass is 325 g/mol. The molecule has 124 valence electrons. The predicted octanol–water partition coefficient (Wildman–Crippen LogP) is 2.25. The Labute approximate surface area is 131 Å². The fourth-order valence-electron chi connectivity index (χ4n) is 2.68. The second-order valence-corrected chi connectivity index (χ2v) is 5.70. The van der Waals surface area contributed by atoms with E-state index in [1.807, 2.05) is 0 Å². The minimum absolute atomic E-state index is 0.387. The van der Waals surface area contributed by atoms with Gasteiger partial charge in [-0.3, -0.25) is 10.9 Å². The lowest BCUT2D eigenvalue weighted by molar-refractivity contribution is -0.137. The van der Waals surface area contributed by atoms with Crippen LogP contribution in [0.2, 0.25) is 0 Å². The van der Waals surface area contributed by atoms with Crippen molar-refractivity contribution in [3.8, 4) is 5.69 Å². The van der Waals surface area contributed by atoms with E-state index >= 15 is 0 Å². The van der Waals surface area contributed by atoms with Crippen LogP contribution in [-0.2, 0) is 12.6 Å². The van der Waals surface area contributed by atoms with Crippen LogP contribution in [0.3, 0.4) is 0 Å². The van der Waals surface area contributed by atoms with Gasteiger partial charge in [-0.05, 0) is 37.5 Å². The van der Waals surface area contributed by atoms with Crippen molar-refractivity contribution < 1.29 is 13.2 Å². The van der Waals surface area contributed by atoms with Crippen molar-refractivity contribution in [1.82, 2.24) is 25.6 Å². The predicted molar refractivity (Wildman–Crippen MR) is 78.9 cm³/mol. The number of alkyl halides is 3. The Morgan fingerprint density at radius 2 is 2.00 bits per heavy atom. The number of benzene rings is 1. The maximum Gasteiger partial charge on any atom is 0.416 e. The maximum atomic E-state index is 12.9. The van der Waals surface area contributed by atoms with E-state index in [9.17, 15) is 13.2 Å². The zero-order valence-electron chi connectivity index (χ0n) is 12.7. The summed E-state index contributed by atoms with van der Waals surface area (Å²) in [6, 6.07) is 5.18. The van der Waals surface area contributed by atoms with Crippen molar-refractivity contribution in [2.24, 2.45) is 5.92 Å². The van der Waals surface area contributed by atoms with Gasteiger partial charge in [0.15, 0.2) is 0 Å². The van der Waals surface area contributed by atoms with Crippen molar-refractivity contribution >= 4 is 0 Å². The molecule has 1 aromatic heterocycles. The lowest BCUT2D eigenvalue weighted by atomic mass is 10.0. The first-order valence-corrected chi connectivity index (χ1v) is 7.49. The quantitative estimate of drug-likeness (QED) is 0.905. The molecule has 0 saturated carbocycles. The lowest BCUT2D eigenvalue weighted by Crippen LogP contribution is -2.21. The number of hydrogen-bond donors (Lipinski definition) is 2. The SMILES string of the molecule is Cc1nc(CCC2CNNC2)n(-c2cccc(C(F)(F)F)c2)n1. The molecule has 0 amide bonds. The second-order valence-electron chi connectivity index (χ2n) is 5.70. The van der Waals surface area contributed by atoms with Gasteiger partial charge >= 0.3 is 6.18 Å². The minimum Gasteiger partial charge on any atom is -0.258 e. The molecule has 0 atom stereocenters. The molecule has 1 saturated heterocycles. The Kier molecular flexibility index (Phi) is 4.36. The molecule has 2 N–H and O–H groups in total. The first-order chi connectivity index (χ1) is 10.9. The summed E-state index contributed by atoms with van der Waals surface area (Å²) >= 11 is 0. The molecule has 1 aliphatic heterocycles. The number of halogens is 3. The lowest BCUT2D eigenvalue weighted by Gasteiger charge is -2.11. The molecule has 0 radical (unpaired) electrons. The Morgan fingerprint density at radius 1 is 1.26 bits per heavy atom. The van der Waals surface area contributed by atoms with E-state index in [-0.39, 0.29) is 0 Å². The van der Waals surface area contributed by atoms with E-state index in [2.05, 4.69) is 20.9 Å². The smallest absolute Gasteiger partial charge is 0.258 e. The van der Waals surface area contributed by atoms with Crippen LogP contribution in [0.4, 0.5) is 13.2 Å². The van der Waals surface area contributed by atoms with Gasteiger partial charge in [-0.1, -0.05) is 6.07 Å². The van der Waals surface area contributed by atoms with E-state index in [1.54, 1.807) is 13.0 Å². The average Bonchev–Trinajstić information content (AvgIpc) is 3.13. The number of nitrogens with one attached hydrogen (secondary N) is 2. The highest BCUT2D eigenvalue weighted by Crippen LogP contribution is 2.30. The highest BCUT2D eigenvalue weighted by molar-refractivity contribution is 5.37.